The van der Waals surface area contributed by atoms with E-state index in [0.717, 1.165) is 4.90 Å². The highest BCUT2D eigenvalue weighted by Crippen LogP contribution is 2.23. The summed E-state index contributed by atoms with van der Waals surface area (Å²) in [4.78, 5) is 49.2. The molecular weight excluding hydrogens is 376 g/mol. The van der Waals surface area contributed by atoms with Crippen molar-refractivity contribution in [1.82, 2.24) is 0 Å². The first-order chi connectivity index (χ1) is 13.9. The molecule has 1 saturated heterocycles. The number of imide groups is 1. The molecule has 1 aliphatic rings. The molecule has 1 N–H and O–H groups in total. The van der Waals surface area contributed by atoms with Crippen LogP contribution >= 0.6 is 0 Å². The quantitative estimate of drug-likeness (QED) is 0.595. The van der Waals surface area contributed by atoms with Crippen molar-refractivity contribution in [3.05, 3.63) is 54.1 Å². The lowest BCUT2D eigenvalue weighted by atomic mass is 10.2. The van der Waals surface area contributed by atoms with E-state index in [9.17, 15) is 19.2 Å². The Balaban J connectivity index is 1.59. The fourth-order valence-electron chi connectivity index (χ4n) is 2.81. The minimum absolute atomic E-state index is 0.184. The summed E-state index contributed by atoms with van der Waals surface area (Å²) >= 11 is 0. The number of methoxy groups -OCH3 is 1. The zero-order chi connectivity index (χ0) is 21.0. The maximum Gasteiger partial charge on any atom is 0.338 e. The SMILES string of the molecule is COc1ccc(NC(=O)[C@@H](C)OC(=O)c2ccc(N3C(=O)CCC3=O)cc2)cc1. The number of hydrogen-bond donors (Lipinski definition) is 1. The minimum atomic E-state index is -1.02. The average Bonchev–Trinajstić information content (AvgIpc) is 3.06. The Kier molecular flexibility index (Phi) is 5.92. The van der Waals surface area contributed by atoms with Crippen LogP contribution in [0, 0.1) is 0 Å². The van der Waals surface area contributed by atoms with Crippen LogP contribution in [0.4, 0.5) is 11.4 Å². The first-order valence-corrected chi connectivity index (χ1v) is 9.01. The van der Waals surface area contributed by atoms with Gasteiger partial charge in [-0.25, -0.2) is 4.79 Å². The van der Waals surface area contributed by atoms with E-state index < -0.39 is 18.0 Å². The van der Waals surface area contributed by atoms with Gasteiger partial charge in [-0.3, -0.25) is 19.3 Å². The molecule has 1 heterocycles. The molecule has 1 fully saturated rings. The van der Waals surface area contributed by atoms with Gasteiger partial charge < -0.3 is 14.8 Å². The van der Waals surface area contributed by atoms with Crippen molar-refractivity contribution in [2.45, 2.75) is 25.9 Å². The van der Waals surface area contributed by atoms with Crippen LogP contribution in [0.2, 0.25) is 0 Å². The van der Waals surface area contributed by atoms with Gasteiger partial charge in [0.1, 0.15) is 5.75 Å². The largest absolute Gasteiger partial charge is 0.497 e. The molecular formula is C21H20N2O6. The van der Waals surface area contributed by atoms with Crippen LogP contribution in [0.1, 0.15) is 30.1 Å². The molecule has 0 bridgehead atoms. The summed E-state index contributed by atoms with van der Waals surface area (Å²) in [6.45, 7) is 1.46. The van der Waals surface area contributed by atoms with Crippen molar-refractivity contribution in [2.24, 2.45) is 0 Å². The van der Waals surface area contributed by atoms with Crippen molar-refractivity contribution in [3.8, 4) is 5.75 Å². The molecule has 150 valence electrons. The van der Waals surface area contributed by atoms with Gasteiger partial charge in [0.25, 0.3) is 5.91 Å². The second-order valence-electron chi connectivity index (χ2n) is 6.44. The lowest BCUT2D eigenvalue weighted by Gasteiger charge is -2.15. The average molecular weight is 396 g/mol. The van der Waals surface area contributed by atoms with Crippen LogP contribution in [0.3, 0.4) is 0 Å². The molecule has 3 amide bonds. The standard InChI is InChI=1S/C21H20N2O6/c1-13(20(26)22-15-5-9-17(28-2)10-6-15)29-21(27)14-3-7-16(8-4-14)23-18(24)11-12-19(23)25/h3-10,13H,11-12H2,1-2H3,(H,22,26)/t13-/m1/s1. The first kappa shape index (κ1) is 20.1. The highest BCUT2D eigenvalue weighted by molar-refractivity contribution is 6.19. The number of ether oxygens (including phenoxy) is 2. The third-order valence-corrected chi connectivity index (χ3v) is 4.42. The zero-order valence-electron chi connectivity index (χ0n) is 16.0. The van der Waals surface area contributed by atoms with Gasteiger partial charge in [0.2, 0.25) is 11.8 Å². The molecule has 0 saturated carbocycles. The summed E-state index contributed by atoms with van der Waals surface area (Å²) in [6.07, 6.45) is -0.654. The molecule has 0 unspecified atom stereocenters. The Morgan fingerprint density at radius 1 is 0.966 bits per heavy atom. The number of esters is 1. The van der Waals surface area contributed by atoms with Crippen LogP contribution < -0.4 is 15.0 Å². The molecule has 1 atom stereocenters. The molecule has 29 heavy (non-hydrogen) atoms. The molecule has 8 heteroatoms. The van der Waals surface area contributed by atoms with Crippen molar-refractivity contribution < 1.29 is 28.7 Å². The number of nitrogens with zero attached hydrogens (tertiary/aromatic N) is 1. The lowest BCUT2D eigenvalue weighted by Crippen LogP contribution is -2.30. The molecule has 0 radical (unpaired) electrons. The number of nitrogens with one attached hydrogen (secondary N) is 1. The Bertz CT molecular complexity index is 921. The predicted molar refractivity (Wildman–Crippen MR) is 105 cm³/mol. The smallest absolute Gasteiger partial charge is 0.338 e. The molecule has 0 aliphatic carbocycles. The summed E-state index contributed by atoms with van der Waals surface area (Å²) in [5.74, 6) is -1.05. The predicted octanol–water partition coefficient (Wildman–Crippen LogP) is 2.53. The third kappa shape index (κ3) is 4.60. The van der Waals surface area contributed by atoms with E-state index >= 15 is 0 Å². The van der Waals surface area contributed by atoms with E-state index in [1.54, 1.807) is 31.4 Å². The molecule has 2 aromatic carbocycles. The molecule has 0 spiro atoms. The normalized spacial score (nSPS) is 14.5. The monoisotopic (exact) mass is 396 g/mol. The van der Waals surface area contributed by atoms with Crippen LogP contribution in [0.15, 0.2) is 48.5 Å². The van der Waals surface area contributed by atoms with E-state index in [4.69, 9.17) is 9.47 Å². The van der Waals surface area contributed by atoms with Gasteiger partial charge in [0.05, 0.1) is 18.4 Å². The molecule has 2 aromatic rings. The van der Waals surface area contributed by atoms with Gasteiger partial charge in [-0.05, 0) is 55.5 Å². The Labute approximate surface area is 167 Å². The number of amides is 3. The number of hydrogen-bond acceptors (Lipinski definition) is 6. The van der Waals surface area contributed by atoms with E-state index in [1.165, 1.54) is 31.2 Å². The van der Waals surface area contributed by atoms with Gasteiger partial charge >= 0.3 is 5.97 Å². The van der Waals surface area contributed by atoms with Crippen molar-refractivity contribution in [1.29, 1.82) is 0 Å². The number of anilines is 2. The number of carbonyl (C=O) groups excluding carboxylic acids is 4. The summed E-state index contributed by atoms with van der Waals surface area (Å²) < 4.78 is 10.3. The third-order valence-electron chi connectivity index (χ3n) is 4.42. The Hall–Kier alpha value is -3.68. The second-order valence-corrected chi connectivity index (χ2v) is 6.44. The van der Waals surface area contributed by atoms with E-state index in [1.807, 2.05) is 0 Å². The second kappa shape index (κ2) is 8.55. The fraction of sp³-hybridized carbons (Fsp3) is 0.238. The number of benzene rings is 2. The topological polar surface area (TPSA) is 102 Å². The summed E-state index contributed by atoms with van der Waals surface area (Å²) in [7, 11) is 1.54. The van der Waals surface area contributed by atoms with Crippen molar-refractivity contribution in [2.75, 3.05) is 17.3 Å². The van der Waals surface area contributed by atoms with Crippen LogP contribution in [0.5, 0.6) is 5.75 Å². The molecule has 1 aliphatic heterocycles. The summed E-state index contributed by atoms with van der Waals surface area (Å²) in [5, 5.41) is 2.65. The van der Waals surface area contributed by atoms with Crippen LogP contribution in [-0.4, -0.2) is 36.9 Å². The summed E-state index contributed by atoms with van der Waals surface area (Å²) in [5.41, 5.74) is 1.15. The first-order valence-electron chi connectivity index (χ1n) is 9.01. The highest BCUT2D eigenvalue weighted by Gasteiger charge is 2.30. The zero-order valence-corrected chi connectivity index (χ0v) is 16.0. The molecule has 0 aromatic heterocycles. The fourth-order valence-corrected chi connectivity index (χ4v) is 2.81. The van der Waals surface area contributed by atoms with Gasteiger partial charge in [0, 0.05) is 18.5 Å². The Morgan fingerprint density at radius 2 is 1.55 bits per heavy atom. The van der Waals surface area contributed by atoms with Gasteiger partial charge in [-0.15, -0.1) is 0 Å². The van der Waals surface area contributed by atoms with E-state index in [2.05, 4.69) is 5.32 Å². The molecule has 8 nitrogen and oxygen atoms in total. The maximum absolute atomic E-state index is 12.3. The van der Waals surface area contributed by atoms with Crippen LogP contribution in [0.25, 0.3) is 0 Å². The number of carbonyl (C=O) groups is 4. The lowest BCUT2D eigenvalue weighted by molar-refractivity contribution is -0.124. The van der Waals surface area contributed by atoms with Crippen LogP contribution in [-0.2, 0) is 19.1 Å². The maximum atomic E-state index is 12.3. The van der Waals surface area contributed by atoms with Crippen molar-refractivity contribution in [3.63, 3.8) is 0 Å². The van der Waals surface area contributed by atoms with E-state index in [-0.39, 0.29) is 30.2 Å². The Morgan fingerprint density at radius 3 is 2.10 bits per heavy atom. The minimum Gasteiger partial charge on any atom is -0.497 e. The highest BCUT2D eigenvalue weighted by atomic mass is 16.5. The van der Waals surface area contributed by atoms with Gasteiger partial charge in [0.15, 0.2) is 6.10 Å². The van der Waals surface area contributed by atoms with Gasteiger partial charge in [-0.2, -0.15) is 0 Å². The van der Waals surface area contributed by atoms with Gasteiger partial charge in [-0.1, -0.05) is 0 Å². The number of rotatable bonds is 6. The van der Waals surface area contributed by atoms with Crippen molar-refractivity contribution >= 4 is 35.1 Å². The molecule has 3 rings (SSSR count). The van der Waals surface area contributed by atoms with E-state index in [0.29, 0.717) is 17.1 Å². The summed E-state index contributed by atoms with van der Waals surface area (Å²) in [6, 6.07) is 12.6.